The fourth-order valence-electron chi connectivity index (χ4n) is 4.20. The maximum Gasteiger partial charge on any atom is 0.257 e. The lowest BCUT2D eigenvalue weighted by Gasteiger charge is -2.37. The van der Waals surface area contributed by atoms with Crippen molar-refractivity contribution in [3.05, 3.63) is 137 Å². The van der Waals surface area contributed by atoms with Crippen molar-refractivity contribution in [2.24, 2.45) is 0 Å². The second-order valence-electron chi connectivity index (χ2n) is 8.01. The average Bonchev–Trinajstić information content (AvgIpc) is 2.92. The monoisotopic (exact) mass is 494 g/mol. The van der Waals surface area contributed by atoms with Gasteiger partial charge in [-0.3, -0.25) is 10.1 Å². The normalized spacial score (nSPS) is 11.3. The smallest absolute Gasteiger partial charge is 0.257 e. The molecule has 0 atom stereocenters. The molecule has 8 heteroatoms. The van der Waals surface area contributed by atoms with Gasteiger partial charge in [-0.15, -0.1) is 0 Å². The molecule has 0 aliphatic rings. The summed E-state index contributed by atoms with van der Waals surface area (Å²) >= 11 is 0. The van der Waals surface area contributed by atoms with Crippen LogP contribution in [0.25, 0.3) is 0 Å². The number of rotatable bonds is 8. The molecule has 4 aromatic rings. The summed E-state index contributed by atoms with van der Waals surface area (Å²) in [6, 6.07) is 28.8. The molecular weight excluding hydrogens is 472 g/mol. The van der Waals surface area contributed by atoms with E-state index in [0.717, 1.165) is 16.7 Å². The molecule has 1 amide bonds. The molecule has 0 saturated heterocycles. The number of amides is 1. The Hall–Kier alpha value is -4.17. The van der Waals surface area contributed by atoms with E-state index in [1.54, 1.807) is 0 Å². The van der Waals surface area contributed by atoms with E-state index in [9.17, 15) is 22.4 Å². The molecule has 0 radical (unpaired) electrons. The highest BCUT2D eigenvalue weighted by molar-refractivity contribution is 5.95. The third-order valence-electron chi connectivity index (χ3n) is 5.89. The first-order valence-corrected chi connectivity index (χ1v) is 11.1. The SMILES string of the molecule is O=C(NCCNC(c1ccccc1)(c1ccccc1)c1ccccc1)c1c(F)c(F)c(O)c(F)c1F. The van der Waals surface area contributed by atoms with Crippen molar-refractivity contribution in [3.8, 4) is 5.75 Å². The summed E-state index contributed by atoms with van der Waals surface area (Å²) in [5, 5.41) is 14.9. The lowest BCUT2D eigenvalue weighted by atomic mass is 9.77. The van der Waals surface area contributed by atoms with Gasteiger partial charge >= 0.3 is 0 Å². The van der Waals surface area contributed by atoms with Crippen LogP contribution >= 0.6 is 0 Å². The number of hydrogen-bond donors (Lipinski definition) is 3. The number of halogens is 4. The second-order valence-corrected chi connectivity index (χ2v) is 8.01. The van der Waals surface area contributed by atoms with E-state index in [1.807, 2.05) is 91.0 Å². The van der Waals surface area contributed by atoms with Crippen molar-refractivity contribution in [1.82, 2.24) is 10.6 Å². The van der Waals surface area contributed by atoms with Crippen molar-refractivity contribution in [1.29, 1.82) is 0 Å². The summed E-state index contributed by atoms with van der Waals surface area (Å²) in [6.07, 6.45) is 0. The Balaban J connectivity index is 1.63. The zero-order valence-corrected chi connectivity index (χ0v) is 18.9. The Bertz CT molecular complexity index is 1220. The third kappa shape index (κ3) is 4.55. The first-order valence-electron chi connectivity index (χ1n) is 11.1. The number of phenolic OH excluding ortho intramolecular Hbond substituents is 1. The van der Waals surface area contributed by atoms with E-state index < -0.39 is 46.0 Å². The second kappa shape index (κ2) is 10.6. The molecule has 0 aliphatic heterocycles. The van der Waals surface area contributed by atoms with Crippen molar-refractivity contribution >= 4 is 5.91 Å². The minimum absolute atomic E-state index is 0.122. The maximum atomic E-state index is 14.1. The van der Waals surface area contributed by atoms with E-state index in [1.165, 1.54) is 0 Å². The minimum Gasteiger partial charge on any atom is -0.503 e. The molecule has 0 aromatic heterocycles. The lowest BCUT2D eigenvalue weighted by Crippen LogP contribution is -2.47. The molecule has 0 bridgehead atoms. The van der Waals surface area contributed by atoms with Crippen LogP contribution in [0, 0.1) is 23.3 Å². The number of nitrogens with one attached hydrogen (secondary N) is 2. The highest BCUT2D eigenvalue weighted by Crippen LogP contribution is 2.36. The van der Waals surface area contributed by atoms with Gasteiger partial charge in [-0.05, 0) is 16.7 Å². The van der Waals surface area contributed by atoms with Crippen LogP contribution in [0.15, 0.2) is 91.0 Å². The van der Waals surface area contributed by atoms with Gasteiger partial charge in [0, 0.05) is 13.1 Å². The van der Waals surface area contributed by atoms with Crippen LogP contribution < -0.4 is 10.6 Å². The van der Waals surface area contributed by atoms with E-state index in [0.29, 0.717) is 0 Å². The highest BCUT2D eigenvalue weighted by Gasteiger charge is 2.36. The third-order valence-corrected chi connectivity index (χ3v) is 5.89. The molecule has 4 aromatic carbocycles. The van der Waals surface area contributed by atoms with Gasteiger partial charge in [0.25, 0.3) is 5.91 Å². The van der Waals surface area contributed by atoms with Crippen LogP contribution in [0.2, 0.25) is 0 Å². The van der Waals surface area contributed by atoms with Gasteiger partial charge in [0.2, 0.25) is 11.6 Å². The molecule has 0 spiro atoms. The van der Waals surface area contributed by atoms with Gasteiger partial charge in [0.05, 0.1) is 5.54 Å². The molecule has 4 rings (SSSR count). The van der Waals surface area contributed by atoms with Gasteiger partial charge in [0.1, 0.15) is 5.56 Å². The standard InChI is InChI=1S/C28H22F4N2O2/c29-22-21(23(30)25(32)26(35)24(22)31)27(36)33-16-17-34-28(18-10-4-1-5-11-18,19-12-6-2-7-13-19)20-14-8-3-9-15-20/h1-15,34-35H,16-17H2,(H,33,36). The van der Waals surface area contributed by atoms with Gasteiger partial charge in [-0.1, -0.05) is 91.0 Å². The van der Waals surface area contributed by atoms with Crippen LogP contribution in [-0.4, -0.2) is 24.1 Å². The molecular formula is C28H22F4N2O2. The Morgan fingerprint density at radius 2 is 1.03 bits per heavy atom. The Morgan fingerprint density at radius 1 is 0.639 bits per heavy atom. The lowest BCUT2D eigenvalue weighted by molar-refractivity contribution is 0.0942. The highest BCUT2D eigenvalue weighted by atomic mass is 19.2. The predicted molar refractivity (Wildman–Crippen MR) is 127 cm³/mol. The van der Waals surface area contributed by atoms with Gasteiger partial charge in [0.15, 0.2) is 17.4 Å². The molecule has 3 N–H and O–H groups in total. The quantitative estimate of drug-likeness (QED) is 0.136. The van der Waals surface area contributed by atoms with E-state index in [4.69, 9.17) is 5.11 Å². The summed E-state index contributed by atoms with van der Waals surface area (Å²) in [7, 11) is 0. The zero-order valence-electron chi connectivity index (χ0n) is 18.9. The summed E-state index contributed by atoms with van der Waals surface area (Å²) in [6.45, 7) is -0.00716. The molecule has 0 unspecified atom stereocenters. The summed E-state index contributed by atoms with van der Waals surface area (Å²) in [4.78, 5) is 12.4. The van der Waals surface area contributed by atoms with Crippen molar-refractivity contribution in [2.45, 2.75) is 5.54 Å². The maximum absolute atomic E-state index is 14.1. The summed E-state index contributed by atoms with van der Waals surface area (Å²) in [5.74, 6) is -11.2. The predicted octanol–water partition coefficient (Wildman–Crippen LogP) is 5.26. The Morgan fingerprint density at radius 3 is 1.42 bits per heavy atom. The number of benzene rings is 4. The van der Waals surface area contributed by atoms with Crippen LogP contribution in [0.4, 0.5) is 17.6 Å². The molecule has 0 aliphatic carbocycles. The number of carbonyl (C=O) groups excluding carboxylic acids is 1. The Labute approximate surface area is 205 Å². The first kappa shape index (κ1) is 24.9. The summed E-state index contributed by atoms with van der Waals surface area (Å²) < 4.78 is 55.5. The topological polar surface area (TPSA) is 61.4 Å². The Kier molecular flexibility index (Phi) is 7.36. The first-order chi connectivity index (χ1) is 17.4. The largest absolute Gasteiger partial charge is 0.503 e. The van der Waals surface area contributed by atoms with Crippen molar-refractivity contribution < 1.29 is 27.5 Å². The molecule has 4 nitrogen and oxygen atoms in total. The number of aromatic hydroxyl groups is 1. The van der Waals surface area contributed by atoms with Crippen LogP contribution in [-0.2, 0) is 5.54 Å². The van der Waals surface area contributed by atoms with Gasteiger partial charge in [-0.25, -0.2) is 8.78 Å². The summed E-state index contributed by atoms with van der Waals surface area (Å²) in [5.41, 5.74) is 0.445. The fraction of sp³-hybridized carbons (Fsp3) is 0.107. The molecule has 36 heavy (non-hydrogen) atoms. The minimum atomic E-state index is -2.03. The molecule has 0 fully saturated rings. The van der Waals surface area contributed by atoms with E-state index in [2.05, 4.69) is 10.6 Å². The number of phenols is 1. The zero-order chi connectivity index (χ0) is 25.7. The van der Waals surface area contributed by atoms with Gasteiger partial charge in [-0.2, -0.15) is 8.78 Å². The van der Waals surface area contributed by atoms with Crippen LogP contribution in [0.5, 0.6) is 5.75 Å². The van der Waals surface area contributed by atoms with Crippen LogP contribution in [0.3, 0.4) is 0 Å². The molecule has 0 saturated carbocycles. The number of hydrogen-bond acceptors (Lipinski definition) is 3. The van der Waals surface area contributed by atoms with Crippen molar-refractivity contribution in [2.75, 3.05) is 13.1 Å². The van der Waals surface area contributed by atoms with E-state index >= 15 is 0 Å². The molecule has 184 valence electrons. The fourth-order valence-corrected chi connectivity index (χ4v) is 4.20. The average molecular weight is 494 g/mol. The van der Waals surface area contributed by atoms with E-state index in [-0.39, 0.29) is 13.1 Å². The van der Waals surface area contributed by atoms with Gasteiger partial charge < -0.3 is 10.4 Å². The molecule has 0 heterocycles. The van der Waals surface area contributed by atoms with Crippen LogP contribution in [0.1, 0.15) is 27.0 Å². The van der Waals surface area contributed by atoms with Crippen molar-refractivity contribution in [3.63, 3.8) is 0 Å². The number of carbonyl (C=O) groups is 1.